The molecule has 0 radical (unpaired) electrons. The van der Waals surface area contributed by atoms with Crippen molar-refractivity contribution in [2.24, 2.45) is 0 Å². The maximum Gasteiger partial charge on any atom is 0.264 e. The smallest absolute Gasteiger partial charge is 0.264 e. The van der Waals surface area contributed by atoms with E-state index < -0.39 is 28.5 Å². The van der Waals surface area contributed by atoms with E-state index in [4.69, 9.17) is 0 Å². The first-order chi connectivity index (χ1) is 18.7. The lowest BCUT2D eigenvalue weighted by molar-refractivity contribution is -0.139. The summed E-state index contributed by atoms with van der Waals surface area (Å²) in [5.41, 5.74) is 1.37. The molecule has 0 saturated heterocycles. The van der Waals surface area contributed by atoms with Crippen LogP contribution in [0.25, 0.3) is 0 Å². The minimum absolute atomic E-state index is 0.0470. The SMILES string of the molecule is CCC(C)NC(=O)C(CC)N(CCc1ccccc1)C(=O)CN(c1cccc(Br)c1)S(=O)(=O)c1ccccc1. The van der Waals surface area contributed by atoms with E-state index >= 15 is 0 Å². The number of carbonyl (C=O) groups excluding carboxylic acids is 2. The molecule has 0 fully saturated rings. The Morgan fingerprint density at radius 2 is 1.54 bits per heavy atom. The Hall–Kier alpha value is -3.17. The first-order valence-electron chi connectivity index (χ1n) is 13.1. The van der Waals surface area contributed by atoms with Gasteiger partial charge in [0, 0.05) is 17.1 Å². The third-order valence-electron chi connectivity index (χ3n) is 6.58. The van der Waals surface area contributed by atoms with Gasteiger partial charge < -0.3 is 10.2 Å². The summed E-state index contributed by atoms with van der Waals surface area (Å²) in [6.45, 7) is 5.58. The molecule has 0 aromatic heterocycles. The standard InChI is InChI=1S/C30H36BrN3O4S/c1-4-23(3)32-30(36)28(5-2)33(20-19-24-13-8-6-9-14-24)29(35)22-34(26-16-12-15-25(31)21-26)39(37,38)27-17-10-7-11-18-27/h6-18,21,23,28H,4-5,19-20,22H2,1-3H3,(H,32,36). The van der Waals surface area contributed by atoms with Gasteiger partial charge in [0.15, 0.2) is 0 Å². The Labute approximate surface area is 240 Å². The molecule has 0 aliphatic rings. The molecule has 3 aromatic rings. The summed E-state index contributed by atoms with van der Waals surface area (Å²) in [4.78, 5) is 28.9. The molecule has 9 heteroatoms. The van der Waals surface area contributed by atoms with Gasteiger partial charge in [0.1, 0.15) is 12.6 Å². The largest absolute Gasteiger partial charge is 0.352 e. The molecule has 7 nitrogen and oxygen atoms in total. The lowest BCUT2D eigenvalue weighted by atomic mass is 10.1. The average Bonchev–Trinajstić information content (AvgIpc) is 2.94. The number of carbonyl (C=O) groups is 2. The van der Waals surface area contributed by atoms with E-state index in [1.807, 2.05) is 51.1 Å². The quantitative estimate of drug-likeness (QED) is 0.279. The number of nitrogens with one attached hydrogen (secondary N) is 1. The first kappa shape index (κ1) is 30.4. The highest BCUT2D eigenvalue weighted by Crippen LogP contribution is 2.27. The van der Waals surface area contributed by atoms with E-state index in [2.05, 4.69) is 21.2 Å². The number of nitrogens with zero attached hydrogens (tertiary/aromatic N) is 2. The van der Waals surface area contributed by atoms with E-state index in [-0.39, 0.29) is 23.4 Å². The molecule has 0 aliphatic carbocycles. The minimum Gasteiger partial charge on any atom is -0.352 e. The van der Waals surface area contributed by atoms with Crippen molar-refractivity contribution in [2.75, 3.05) is 17.4 Å². The van der Waals surface area contributed by atoms with Gasteiger partial charge in [-0.2, -0.15) is 0 Å². The second-order valence-corrected chi connectivity index (χ2v) is 12.1. The van der Waals surface area contributed by atoms with Gasteiger partial charge in [-0.3, -0.25) is 13.9 Å². The molecule has 208 valence electrons. The number of hydrogen-bond donors (Lipinski definition) is 1. The van der Waals surface area contributed by atoms with Gasteiger partial charge in [0.25, 0.3) is 10.0 Å². The van der Waals surface area contributed by atoms with Crippen LogP contribution in [0.4, 0.5) is 5.69 Å². The number of anilines is 1. The Kier molecular flexibility index (Phi) is 11.1. The van der Waals surface area contributed by atoms with Crippen molar-refractivity contribution in [3.05, 3.63) is 95.0 Å². The average molecular weight is 615 g/mol. The minimum atomic E-state index is -4.08. The number of hydrogen-bond acceptors (Lipinski definition) is 4. The van der Waals surface area contributed by atoms with Crippen molar-refractivity contribution in [1.29, 1.82) is 0 Å². The zero-order valence-corrected chi connectivity index (χ0v) is 25.0. The fourth-order valence-corrected chi connectivity index (χ4v) is 6.03. The molecule has 3 rings (SSSR count). The summed E-state index contributed by atoms with van der Waals surface area (Å²) in [6.07, 6.45) is 1.68. The van der Waals surface area contributed by atoms with E-state index in [1.54, 1.807) is 42.5 Å². The van der Waals surface area contributed by atoms with E-state index in [1.165, 1.54) is 17.0 Å². The molecule has 0 spiro atoms. The molecule has 0 saturated carbocycles. The van der Waals surface area contributed by atoms with Crippen molar-refractivity contribution in [3.8, 4) is 0 Å². The van der Waals surface area contributed by atoms with E-state index in [0.717, 1.165) is 16.3 Å². The van der Waals surface area contributed by atoms with Gasteiger partial charge in [0.2, 0.25) is 11.8 Å². The summed E-state index contributed by atoms with van der Waals surface area (Å²) >= 11 is 3.41. The third-order valence-corrected chi connectivity index (χ3v) is 8.86. The maximum absolute atomic E-state index is 14.0. The van der Waals surface area contributed by atoms with Crippen molar-refractivity contribution in [2.45, 2.75) is 57.0 Å². The fraction of sp³-hybridized carbons (Fsp3) is 0.333. The van der Waals surface area contributed by atoms with Crippen LogP contribution < -0.4 is 9.62 Å². The number of rotatable bonds is 13. The second-order valence-electron chi connectivity index (χ2n) is 9.37. The van der Waals surface area contributed by atoms with Crippen molar-refractivity contribution in [1.82, 2.24) is 10.2 Å². The molecule has 2 atom stereocenters. The first-order valence-corrected chi connectivity index (χ1v) is 15.4. The molecule has 1 N–H and O–H groups in total. The van der Waals surface area contributed by atoms with Crippen molar-refractivity contribution in [3.63, 3.8) is 0 Å². The lowest BCUT2D eigenvalue weighted by Crippen LogP contribution is -2.54. The van der Waals surface area contributed by atoms with Crippen LogP contribution in [-0.4, -0.2) is 50.3 Å². The lowest BCUT2D eigenvalue weighted by Gasteiger charge is -2.33. The van der Waals surface area contributed by atoms with E-state index in [0.29, 0.717) is 23.0 Å². The molecule has 0 aliphatic heterocycles. The zero-order chi connectivity index (χ0) is 28.4. The number of sulfonamides is 1. The molecule has 0 bridgehead atoms. The van der Waals surface area contributed by atoms with Gasteiger partial charge in [0.05, 0.1) is 10.6 Å². The fourth-order valence-electron chi connectivity index (χ4n) is 4.22. The number of halogens is 1. The summed E-state index contributed by atoms with van der Waals surface area (Å²) in [5.74, 6) is -0.690. The van der Waals surface area contributed by atoms with E-state index in [9.17, 15) is 18.0 Å². The van der Waals surface area contributed by atoms with Crippen LogP contribution in [0, 0.1) is 0 Å². The van der Waals surface area contributed by atoms with Gasteiger partial charge in [-0.15, -0.1) is 0 Å². The molecular weight excluding hydrogens is 578 g/mol. The zero-order valence-electron chi connectivity index (χ0n) is 22.6. The normalized spacial score (nSPS) is 12.8. The highest BCUT2D eigenvalue weighted by atomic mass is 79.9. The van der Waals surface area contributed by atoms with Gasteiger partial charge in [-0.1, -0.05) is 84.4 Å². The van der Waals surface area contributed by atoms with Crippen molar-refractivity contribution >= 4 is 43.5 Å². The number of benzene rings is 3. The highest BCUT2D eigenvalue weighted by molar-refractivity contribution is 9.10. The molecule has 39 heavy (non-hydrogen) atoms. The summed E-state index contributed by atoms with van der Waals surface area (Å²) in [6, 6.07) is 23.8. The van der Waals surface area contributed by atoms with Gasteiger partial charge in [-0.25, -0.2) is 8.42 Å². The predicted octanol–water partition coefficient (Wildman–Crippen LogP) is 5.41. The monoisotopic (exact) mass is 613 g/mol. The van der Waals surface area contributed by atoms with Crippen LogP contribution in [0.3, 0.4) is 0 Å². The highest BCUT2D eigenvalue weighted by Gasteiger charge is 2.33. The van der Waals surface area contributed by atoms with Crippen LogP contribution in [-0.2, 0) is 26.0 Å². The topological polar surface area (TPSA) is 86.8 Å². The molecule has 2 amide bonds. The third kappa shape index (κ3) is 8.16. The summed E-state index contributed by atoms with van der Waals surface area (Å²) in [5, 5.41) is 2.99. The van der Waals surface area contributed by atoms with Crippen LogP contribution >= 0.6 is 15.9 Å². The molecular formula is C30H36BrN3O4S. The van der Waals surface area contributed by atoms with Gasteiger partial charge in [-0.05, 0) is 62.1 Å². The Balaban J connectivity index is 1.99. The van der Waals surface area contributed by atoms with Gasteiger partial charge >= 0.3 is 0 Å². The predicted molar refractivity (Wildman–Crippen MR) is 159 cm³/mol. The van der Waals surface area contributed by atoms with Crippen LogP contribution in [0.2, 0.25) is 0 Å². The maximum atomic E-state index is 14.0. The summed E-state index contributed by atoms with van der Waals surface area (Å²) in [7, 11) is -4.08. The van der Waals surface area contributed by atoms with Crippen LogP contribution in [0.1, 0.15) is 39.2 Å². The molecule has 3 aromatic carbocycles. The number of amides is 2. The second kappa shape index (κ2) is 14.3. The summed E-state index contributed by atoms with van der Waals surface area (Å²) < 4.78 is 29.4. The molecule has 2 unspecified atom stereocenters. The molecule has 0 heterocycles. The Bertz CT molecular complexity index is 1340. The van der Waals surface area contributed by atoms with Crippen molar-refractivity contribution < 1.29 is 18.0 Å². The Morgan fingerprint density at radius 1 is 0.897 bits per heavy atom. The van der Waals surface area contributed by atoms with Crippen LogP contribution in [0.5, 0.6) is 0 Å². The van der Waals surface area contributed by atoms with Crippen LogP contribution in [0.15, 0.2) is 94.3 Å². The Morgan fingerprint density at radius 3 is 2.13 bits per heavy atom.